The molecule has 1 heterocycles. The highest BCUT2D eigenvalue weighted by atomic mass is 79.9. The van der Waals surface area contributed by atoms with Crippen molar-refractivity contribution in [2.24, 2.45) is 11.7 Å². The molecule has 1 aromatic rings. The van der Waals surface area contributed by atoms with E-state index in [1.807, 2.05) is 13.8 Å². The number of nitrogens with one attached hydrogen (secondary N) is 4. The van der Waals surface area contributed by atoms with Gasteiger partial charge in [0, 0.05) is 23.1 Å². The van der Waals surface area contributed by atoms with Crippen LogP contribution in [0.5, 0.6) is 0 Å². The van der Waals surface area contributed by atoms with Crippen LogP contribution in [-0.2, 0) is 14.4 Å². The highest BCUT2D eigenvalue weighted by molar-refractivity contribution is 9.10. The summed E-state index contributed by atoms with van der Waals surface area (Å²) in [6.45, 7) is 3.03. The van der Waals surface area contributed by atoms with Gasteiger partial charge < -0.3 is 26.6 Å². The highest BCUT2D eigenvalue weighted by Gasteiger charge is 2.38. The van der Waals surface area contributed by atoms with E-state index in [2.05, 4.69) is 31.9 Å². The second kappa shape index (κ2) is 14.7. The number of ketones is 1. The van der Waals surface area contributed by atoms with Crippen molar-refractivity contribution in [1.82, 2.24) is 20.9 Å². The summed E-state index contributed by atoms with van der Waals surface area (Å²) in [7, 11) is 0. The Bertz CT molecular complexity index is 974. The van der Waals surface area contributed by atoms with E-state index in [1.165, 1.54) is 4.90 Å². The van der Waals surface area contributed by atoms with Crippen LogP contribution >= 0.6 is 15.9 Å². The van der Waals surface area contributed by atoms with Crippen LogP contribution in [0.25, 0.3) is 0 Å². The average Bonchev–Trinajstić information content (AvgIpc) is 2.87. The molecule has 1 fully saturated rings. The molecule has 1 saturated heterocycles. The van der Waals surface area contributed by atoms with Crippen LogP contribution in [0.15, 0.2) is 28.7 Å². The van der Waals surface area contributed by atoms with Gasteiger partial charge in [-0.25, -0.2) is 4.39 Å². The third-order valence-corrected chi connectivity index (χ3v) is 6.76. The molecule has 2 unspecified atom stereocenters. The van der Waals surface area contributed by atoms with Gasteiger partial charge in [0.1, 0.15) is 18.8 Å². The predicted octanol–water partition coefficient (Wildman–Crippen LogP) is 1.87. The summed E-state index contributed by atoms with van der Waals surface area (Å²) in [5.74, 6) is -2.52. The molecule has 0 bridgehead atoms. The molecule has 1 aliphatic rings. The Morgan fingerprint density at radius 2 is 1.84 bits per heavy atom. The largest absolute Gasteiger partial charge is 0.370 e. The van der Waals surface area contributed by atoms with E-state index in [1.54, 1.807) is 24.3 Å². The second-order valence-electron chi connectivity index (χ2n) is 9.39. The van der Waals surface area contributed by atoms with Crippen LogP contribution < -0.4 is 21.7 Å². The number of amides is 3. The van der Waals surface area contributed by atoms with Crippen molar-refractivity contribution in [3.63, 3.8) is 0 Å². The van der Waals surface area contributed by atoms with Crippen LogP contribution in [0, 0.1) is 11.3 Å². The first-order valence-electron chi connectivity index (χ1n) is 12.4. The average molecular weight is 584 g/mol. The second-order valence-corrected chi connectivity index (χ2v) is 10.3. The fourth-order valence-corrected chi connectivity index (χ4v) is 4.45. The number of piperidine rings is 1. The molecule has 0 aromatic heterocycles. The Morgan fingerprint density at radius 1 is 1.16 bits per heavy atom. The molecule has 0 saturated carbocycles. The van der Waals surface area contributed by atoms with Gasteiger partial charge in [-0.2, -0.15) is 0 Å². The number of hydrogen-bond donors (Lipinski definition) is 5. The predicted molar refractivity (Wildman–Crippen MR) is 142 cm³/mol. The van der Waals surface area contributed by atoms with Crippen molar-refractivity contribution < 1.29 is 23.6 Å². The standard InChI is InChI=1S/C25H36BrFN6O4/c1-15(2)21(32-22(35)16-8-10-17(26)11-9-16)24(37)33-13-4-3-7-19(33)23(36)31-18(20(34)14-27)6-5-12-30-25(28)29/h8-11,15,18-19,21H,3-7,12-14H2,1-2H3,(H,31,36)(H,32,35)(H4,28,29,30)/t18-,19?,21?/m0/s1. The van der Waals surface area contributed by atoms with Crippen molar-refractivity contribution in [3.05, 3.63) is 34.3 Å². The van der Waals surface area contributed by atoms with Crippen LogP contribution in [0.2, 0.25) is 0 Å². The monoisotopic (exact) mass is 582 g/mol. The lowest BCUT2D eigenvalue weighted by Gasteiger charge is -2.38. The van der Waals surface area contributed by atoms with Crippen LogP contribution in [0.4, 0.5) is 4.39 Å². The molecule has 6 N–H and O–H groups in total. The van der Waals surface area contributed by atoms with E-state index >= 15 is 0 Å². The molecule has 3 amide bonds. The molecule has 1 aliphatic heterocycles. The fraction of sp³-hybridized carbons (Fsp3) is 0.560. The molecule has 3 atom stereocenters. The molecule has 1 aromatic carbocycles. The number of hydrogen-bond acceptors (Lipinski definition) is 5. The van der Waals surface area contributed by atoms with E-state index in [0.29, 0.717) is 44.3 Å². The van der Waals surface area contributed by atoms with E-state index in [-0.39, 0.29) is 24.2 Å². The van der Waals surface area contributed by atoms with Crippen molar-refractivity contribution in [2.75, 3.05) is 19.8 Å². The lowest BCUT2D eigenvalue weighted by Crippen LogP contribution is -2.60. The number of nitrogens with two attached hydrogens (primary N) is 1. The molecule has 37 heavy (non-hydrogen) atoms. The third kappa shape index (κ3) is 9.10. The molecule has 12 heteroatoms. The number of alkyl halides is 1. The fourth-order valence-electron chi connectivity index (χ4n) is 4.19. The maximum atomic E-state index is 13.6. The van der Waals surface area contributed by atoms with Gasteiger partial charge >= 0.3 is 0 Å². The highest BCUT2D eigenvalue weighted by Crippen LogP contribution is 2.21. The number of rotatable bonds is 12. The molecule has 0 spiro atoms. The first-order valence-corrected chi connectivity index (χ1v) is 13.2. The van der Waals surface area contributed by atoms with Crippen LogP contribution in [0.1, 0.15) is 56.3 Å². The Morgan fingerprint density at radius 3 is 2.43 bits per heavy atom. The van der Waals surface area contributed by atoms with Crippen LogP contribution in [-0.4, -0.2) is 72.3 Å². The molecule has 10 nitrogen and oxygen atoms in total. The Kier molecular flexibility index (Phi) is 12.0. The summed E-state index contributed by atoms with van der Waals surface area (Å²) in [4.78, 5) is 53.2. The van der Waals surface area contributed by atoms with E-state index in [4.69, 9.17) is 11.1 Å². The van der Waals surface area contributed by atoms with Gasteiger partial charge in [-0.05, 0) is 62.3 Å². The van der Waals surface area contributed by atoms with E-state index in [9.17, 15) is 23.6 Å². The van der Waals surface area contributed by atoms with Gasteiger partial charge in [-0.1, -0.05) is 29.8 Å². The maximum Gasteiger partial charge on any atom is 0.251 e. The number of nitrogens with zero attached hydrogens (tertiary/aromatic N) is 1. The van der Waals surface area contributed by atoms with E-state index in [0.717, 1.165) is 4.47 Å². The summed E-state index contributed by atoms with van der Waals surface area (Å²) in [5.41, 5.74) is 5.65. The smallest absolute Gasteiger partial charge is 0.251 e. The minimum Gasteiger partial charge on any atom is -0.370 e. The Labute approximate surface area is 224 Å². The molecular formula is C25H36BrFN6O4. The number of halogens is 2. The van der Waals surface area contributed by atoms with Gasteiger partial charge in [-0.15, -0.1) is 0 Å². The number of likely N-dealkylation sites (tertiary alicyclic amines) is 1. The van der Waals surface area contributed by atoms with Gasteiger partial charge in [0.05, 0.1) is 6.04 Å². The summed E-state index contributed by atoms with van der Waals surface area (Å²) in [6.07, 6.45) is 2.34. The first-order chi connectivity index (χ1) is 17.5. The molecule has 0 aliphatic carbocycles. The minimum atomic E-state index is -1.23. The van der Waals surface area contributed by atoms with Crippen molar-refractivity contribution in [1.29, 1.82) is 5.41 Å². The number of benzene rings is 1. The zero-order valence-corrected chi connectivity index (χ0v) is 22.8. The van der Waals surface area contributed by atoms with Crippen molar-refractivity contribution in [2.45, 2.75) is 64.1 Å². The number of guanidine groups is 1. The molecule has 2 rings (SSSR count). The van der Waals surface area contributed by atoms with Gasteiger partial charge in [-0.3, -0.25) is 24.6 Å². The van der Waals surface area contributed by atoms with Crippen molar-refractivity contribution in [3.8, 4) is 0 Å². The van der Waals surface area contributed by atoms with Crippen LogP contribution in [0.3, 0.4) is 0 Å². The lowest BCUT2D eigenvalue weighted by atomic mass is 9.96. The Balaban J connectivity index is 2.13. The third-order valence-electron chi connectivity index (χ3n) is 6.24. The summed E-state index contributed by atoms with van der Waals surface area (Å²) in [5, 5.41) is 15.2. The maximum absolute atomic E-state index is 13.6. The summed E-state index contributed by atoms with van der Waals surface area (Å²) in [6, 6.07) is 4.01. The summed E-state index contributed by atoms with van der Waals surface area (Å²) >= 11 is 3.33. The minimum absolute atomic E-state index is 0.160. The first kappa shape index (κ1) is 30.2. The quantitative estimate of drug-likeness (QED) is 0.144. The SMILES string of the molecule is CC(C)C(NC(=O)c1ccc(Br)cc1)C(=O)N1CCCCC1C(=O)N[C@@H](CCCNC(=N)N)C(=O)CF. The van der Waals surface area contributed by atoms with Gasteiger partial charge in [0.15, 0.2) is 11.7 Å². The molecule has 0 radical (unpaired) electrons. The van der Waals surface area contributed by atoms with E-state index < -0.39 is 42.4 Å². The van der Waals surface area contributed by atoms with Gasteiger partial charge in [0.2, 0.25) is 11.8 Å². The molecular weight excluding hydrogens is 547 g/mol. The lowest BCUT2D eigenvalue weighted by molar-refractivity contribution is -0.145. The summed E-state index contributed by atoms with van der Waals surface area (Å²) < 4.78 is 14.0. The van der Waals surface area contributed by atoms with Crippen molar-refractivity contribution >= 4 is 45.4 Å². The number of carbonyl (C=O) groups is 4. The number of carbonyl (C=O) groups excluding carboxylic acids is 4. The zero-order chi connectivity index (χ0) is 27.5. The van der Waals surface area contributed by atoms with Gasteiger partial charge in [0.25, 0.3) is 5.91 Å². The zero-order valence-electron chi connectivity index (χ0n) is 21.2. The number of Topliss-reactive ketones (excluding diaryl/α,β-unsaturated/α-hetero) is 1. The topological polar surface area (TPSA) is 157 Å². The molecule has 204 valence electrons. The normalized spacial score (nSPS) is 17.0. The Hall–Kier alpha value is -3.02.